The maximum atomic E-state index is 13.7. The van der Waals surface area contributed by atoms with Crippen molar-refractivity contribution in [3.8, 4) is 0 Å². The number of hydrogen-bond donors (Lipinski definition) is 1. The Morgan fingerprint density at radius 3 is 2.50 bits per heavy atom. The summed E-state index contributed by atoms with van der Waals surface area (Å²) in [6, 6.07) is 1.96. The minimum absolute atomic E-state index is 0.0199. The first kappa shape index (κ1) is 14.3. The van der Waals surface area contributed by atoms with Crippen molar-refractivity contribution in [2.24, 2.45) is 7.05 Å². The Kier molecular flexibility index (Phi) is 3.65. The molecule has 0 radical (unpaired) electrons. The van der Waals surface area contributed by atoms with E-state index >= 15 is 0 Å². The number of anilines is 1. The molecule has 0 aliphatic carbocycles. The second-order valence-electron chi connectivity index (χ2n) is 4.36. The van der Waals surface area contributed by atoms with Gasteiger partial charge in [-0.15, -0.1) is 10.2 Å². The van der Waals surface area contributed by atoms with Gasteiger partial charge in [-0.1, -0.05) is 0 Å². The molecule has 1 N–H and O–H groups in total. The summed E-state index contributed by atoms with van der Waals surface area (Å²) in [5.74, 6) is -0.418. The van der Waals surface area contributed by atoms with Crippen LogP contribution in [0.2, 0.25) is 0 Å². The molecule has 0 amide bonds. The van der Waals surface area contributed by atoms with Gasteiger partial charge in [0.05, 0.1) is 17.3 Å². The minimum Gasteiger partial charge on any atom is -0.373 e. The molecule has 8 heteroatoms. The first-order valence-electron chi connectivity index (χ1n) is 5.76. The molecular weight excluding hydrogens is 276 g/mol. The Morgan fingerprint density at radius 1 is 1.30 bits per heavy atom. The topological polar surface area (TPSA) is 42.7 Å². The van der Waals surface area contributed by atoms with E-state index < -0.39 is 23.6 Å². The number of nitrogens with one attached hydrogen (secondary N) is 1. The zero-order valence-electron chi connectivity index (χ0n) is 10.7. The van der Waals surface area contributed by atoms with Crippen molar-refractivity contribution in [2.45, 2.75) is 19.1 Å². The van der Waals surface area contributed by atoms with E-state index in [0.29, 0.717) is 11.9 Å². The lowest BCUT2D eigenvalue weighted by atomic mass is 10.1. The fourth-order valence-corrected chi connectivity index (χ4v) is 1.79. The molecule has 0 fully saturated rings. The van der Waals surface area contributed by atoms with Gasteiger partial charge in [0.1, 0.15) is 12.1 Å². The predicted molar refractivity (Wildman–Crippen MR) is 64.4 cm³/mol. The van der Waals surface area contributed by atoms with Gasteiger partial charge in [-0.05, 0) is 25.1 Å². The fourth-order valence-electron chi connectivity index (χ4n) is 1.79. The molecular formula is C12H12F4N4. The number of alkyl halides is 3. The number of halogens is 4. The van der Waals surface area contributed by atoms with Gasteiger partial charge in [0, 0.05) is 7.05 Å². The Morgan fingerprint density at radius 2 is 2.00 bits per heavy atom. The van der Waals surface area contributed by atoms with E-state index in [1.54, 1.807) is 18.5 Å². The van der Waals surface area contributed by atoms with Crippen LogP contribution in [0.15, 0.2) is 24.5 Å². The highest BCUT2D eigenvalue weighted by molar-refractivity contribution is 5.48. The smallest absolute Gasteiger partial charge is 0.373 e. The third kappa shape index (κ3) is 2.89. The monoisotopic (exact) mass is 288 g/mol. The molecule has 0 bridgehead atoms. The fraction of sp³-hybridized carbons (Fsp3) is 0.333. The van der Waals surface area contributed by atoms with Gasteiger partial charge in [-0.25, -0.2) is 4.39 Å². The summed E-state index contributed by atoms with van der Waals surface area (Å²) in [5.41, 5.74) is -1.04. The molecule has 20 heavy (non-hydrogen) atoms. The summed E-state index contributed by atoms with van der Waals surface area (Å²) in [6.07, 6.45) is -3.08. The van der Waals surface area contributed by atoms with Crippen LogP contribution in [0.5, 0.6) is 0 Å². The largest absolute Gasteiger partial charge is 0.416 e. The number of rotatable bonds is 3. The number of aryl methyl sites for hydroxylation is 1. The van der Waals surface area contributed by atoms with Crippen molar-refractivity contribution in [3.05, 3.63) is 41.7 Å². The van der Waals surface area contributed by atoms with Gasteiger partial charge in [-0.2, -0.15) is 13.2 Å². The van der Waals surface area contributed by atoms with E-state index in [4.69, 9.17) is 0 Å². The molecule has 0 aliphatic heterocycles. The summed E-state index contributed by atoms with van der Waals surface area (Å²) in [6.45, 7) is 1.71. The second-order valence-corrected chi connectivity index (χ2v) is 4.36. The molecule has 1 heterocycles. The van der Waals surface area contributed by atoms with Gasteiger partial charge in [0.15, 0.2) is 5.82 Å². The molecule has 108 valence electrons. The van der Waals surface area contributed by atoms with Crippen molar-refractivity contribution in [1.29, 1.82) is 0 Å². The van der Waals surface area contributed by atoms with Gasteiger partial charge < -0.3 is 9.88 Å². The van der Waals surface area contributed by atoms with E-state index in [1.165, 1.54) is 6.33 Å². The lowest BCUT2D eigenvalue weighted by Crippen LogP contribution is -2.13. The first-order valence-corrected chi connectivity index (χ1v) is 5.76. The van der Waals surface area contributed by atoms with Crippen LogP contribution in [0, 0.1) is 5.82 Å². The molecule has 1 aromatic carbocycles. The van der Waals surface area contributed by atoms with Crippen molar-refractivity contribution < 1.29 is 17.6 Å². The standard InChI is InChI=1S/C12H12F4N4/c1-7(11-19-17-6-20(11)2)18-10-4-3-8(5-9(10)13)12(14,15)16/h3-7,18H,1-2H3. The molecule has 1 aromatic heterocycles. The maximum Gasteiger partial charge on any atom is 0.416 e. The molecule has 0 saturated carbocycles. The van der Waals surface area contributed by atoms with Gasteiger partial charge >= 0.3 is 6.18 Å². The van der Waals surface area contributed by atoms with E-state index in [1.807, 2.05) is 0 Å². The summed E-state index contributed by atoms with van der Waals surface area (Å²) >= 11 is 0. The molecule has 2 aromatic rings. The molecule has 0 aliphatic rings. The van der Waals surface area contributed by atoms with Crippen molar-refractivity contribution in [3.63, 3.8) is 0 Å². The van der Waals surface area contributed by atoms with Gasteiger partial charge in [0.25, 0.3) is 0 Å². The van der Waals surface area contributed by atoms with Crippen LogP contribution >= 0.6 is 0 Å². The average molecular weight is 288 g/mol. The molecule has 0 spiro atoms. The lowest BCUT2D eigenvalue weighted by molar-refractivity contribution is -0.137. The molecule has 0 saturated heterocycles. The molecule has 2 rings (SSSR count). The van der Waals surface area contributed by atoms with Crippen LogP contribution < -0.4 is 5.32 Å². The van der Waals surface area contributed by atoms with Crippen LogP contribution in [0.4, 0.5) is 23.2 Å². The number of nitrogens with zero attached hydrogens (tertiary/aromatic N) is 3. The number of benzene rings is 1. The van der Waals surface area contributed by atoms with Crippen molar-refractivity contribution in [2.75, 3.05) is 5.32 Å². The minimum atomic E-state index is -4.56. The third-order valence-electron chi connectivity index (χ3n) is 2.80. The van der Waals surface area contributed by atoms with E-state index in [2.05, 4.69) is 15.5 Å². The third-order valence-corrected chi connectivity index (χ3v) is 2.80. The van der Waals surface area contributed by atoms with Gasteiger partial charge in [-0.3, -0.25) is 0 Å². The summed E-state index contributed by atoms with van der Waals surface area (Å²) < 4.78 is 52.6. The zero-order valence-corrected chi connectivity index (χ0v) is 10.7. The van der Waals surface area contributed by atoms with Crippen LogP contribution in [-0.2, 0) is 13.2 Å². The van der Waals surface area contributed by atoms with Crippen molar-refractivity contribution >= 4 is 5.69 Å². The van der Waals surface area contributed by atoms with Crippen LogP contribution in [0.25, 0.3) is 0 Å². The van der Waals surface area contributed by atoms with Crippen LogP contribution in [-0.4, -0.2) is 14.8 Å². The Hall–Kier alpha value is -2.12. The maximum absolute atomic E-state index is 13.7. The quantitative estimate of drug-likeness (QED) is 0.882. The summed E-state index contributed by atoms with van der Waals surface area (Å²) in [7, 11) is 1.72. The van der Waals surface area contributed by atoms with Crippen LogP contribution in [0.3, 0.4) is 0 Å². The Bertz CT molecular complexity index is 606. The highest BCUT2D eigenvalue weighted by Crippen LogP contribution is 2.32. The van der Waals surface area contributed by atoms with E-state index in [0.717, 1.165) is 12.1 Å². The number of aromatic nitrogens is 3. The van der Waals surface area contributed by atoms with Crippen molar-refractivity contribution in [1.82, 2.24) is 14.8 Å². The summed E-state index contributed by atoms with van der Waals surface area (Å²) in [4.78, 5) is 0. The van der Waals surface area contributed by atoms with Gasteiger partial charge in [0.2, 0.25) is 0 Å². The first-order chi connectivity index (χ1) is 9.29. The van der Waals surface area contributed by atoms with E-state index in [9.17, 15) is 17.6 Å². The summed E-state index contributed by atoms with van der Waals surface area (Å²) in [5, 5.41) is 10.3. The van der Waals surface area contributed by atoms with Crippen LogP contribution in [0.1, 0.15) is 24.4 Å². The number of hydrogen-bond acceptors (Lipinski definition) is 3. The molecule has 4 nitrogen and oxygen atoms in total. The Labute approximate surface area is 112 Å². The highest BCUT2D eigenvalue weighted by Gasteiger charge is 2.31. The Balaban J connectivity index is 2.21. The van der Waals surface area contributed by atoms with E-state index in [-0.39, 0.29) is 5.69 Å². The molecule has 1 atom stereocenters. The second kappa shape index (κ2) is 5.10. The molecule has 1 unspecified atom stereocenters. The SMILES string of the molecule is CC(Nc1ccc(C(F)(F)F)cc1F)c1nncn1C. The average Bonchev–Trinajstić information content (AvgIpc) is 2.76. The lowest BCUT2D eigenvalue weighted by Gasteiger charge is -2.16. The highest BCUT2D eigenvalue weighted by atomic mass is 19.4. The predicted octanol–water partition coefficient (Wildman–Crippen LogP) is 3.15. The zero-order chi connectivity index (χ0) is 14.9. The normalized spacial score (nSPS) is 13.3.